The summed E-state index contributed by atoms with van der Waals surface area (Å²) in [5.41, 5.74) is 1.11. The van der Waals surface area contributed by atoms with Gasteiger partial charge in [-0.2, -0.15) is 0 Å². The van der Waals surface area contributed by atoms with Crippen LogP contribution in [0.25, 0.3) is 0 Å². The topological polar surface area (TPSA) is 75.9 Å². The van der Waals surface area contributed by atoms with E-state index in [0.29, 0.717) is 44.3 Å². The molecule has 7 nitrogen and oxygen atoms in total. The Morgan fingerprint density at radius 2 is 2.09 bits per heavy atom. The molecule has 1 heterocycles. The number of amides is 1. The van der Waals surface area contributed by atoms with Crippen molar-refractivity contribution in [1.82, 2.24) is 4.90 Å². The Balaban J connectivity index is 1.90. The average molecular weight is 319 g/mol. The van der Waals surface area contributed by atoms with E-state index in [2.05, 4.69) is 4.90 Å². The van der Waals surface area contributed by atoms with Crippen molar-refractivity contribution >= 4 is 17.3 Å². The summed E-state index contributed by atoms with van der Waals surface area (Å²) in [5.74, 6) is 0.427. The Bertz CT molecular complexity index is 609. The van der Waals surface area contributed by atoms with Gasteiger partial charge in [0.25, 0.3) is 11.6 Å². The van der Waals surface area contributed by atoms with Gasteiger partial charge in [0.1, 0.15) is 0 Å². The minimum atomic E-state index is -0.458. The summed E-state index contributed by atoms with van der Waals surface area (Å²) in [5, 5.41) is 11.1. The van der Waals surface area contributed by atoms with Crippen molar-refractivity contribution < 1.29 is 14.5 Å². The lowest BCUT2D eigenvalue weighted by Crippen LogP contribution is -2.38. The number of carbonyl (C=O) groups is 1. The van der Waals surface area contributed by atoms with Crippen LogP contribution in [0.5, 0.6) is 0 Å². The molecule has 1 aromatic rings. The molecule has 1 aliphatic carbocycles. The number of nitrogens with zero attached hydrogens (tertiary/aromatic N) is 3. The van der Waals surface area contributed by atoms with Gasteiger partial charge in [-0.3, -0.25) is 14.9 Å². The van der Waals surface area contributed by atoms with Gasteiger partial charge in [0, 0.05) is 38.8 Å². The molecular formula is C16H21N3O4. The summed E-state index contributed by atoms with van der Waals surface area (Å²) in [4.78, 5) is 27.1. The number of morpholine rings is 1. The van der Waals surface area contributed by atoms with Gasteiger partial charge < -0.3 is 14.5 Å². The zero-order chi connectivity index (χ0) is 16.4. The van der Waals surface area contributed by atoms with Crippen LogP contribution in [0, 0.1) is 16.0 Å². The van der Waals surface area contributed by atoms with Crippen LogP contribution in [0.3, 0.4) is 0 Å². The summed E-state index contributed by atoms with van der Waals surface area (Å²) in [6, 6.07) is 4.54. The highest BCUT2D eigenvalue weighted by atomic mass is 16.6. The Labute approximate surface area is 135 Å². The molecule has 1 saturated heterocycles. The molecular weight excluding hydrogens is 298 g/mol. The fourth-order valence-corrected chi connectivity index (χ4v) is 2.87. The van der Waals surface area contributed by atoms with Gasteiger partial charge in [0.2, 0.25) is 0 Å². The fourth-order valence-electron chi connectivity index (χ4n) is 2.87. The number of non-ortho nitro benzene ring substituents is 1. The zero-order valence-electron chi connectivity index (χ0n) is 13.2. The maximum absolute atomic E-state index is 12.8. The molecule has 1 aromatic carbocycles. The van der Waals surface area contributed by atoms with Gasteiger partial charge in [0.15, 0.2) is 0 Å². The minimum Gasteiger partial charge on any atom is -0.378 e. The number of nitro groups is 1. The van der Waals surface area contributed by atoms with Crippen LogP contribution in [0.1, 0.15) is 23.2 Å². The molecule has 23 heavy (non-hydrogen) atoms. The standard InChI is InChI=1S/C16H21N3O4/c1-17(11-12-2-3-12)16(20)14-10-13(19(21)22)4-5-15(14)18-6-8-23-9-7-18/h4-5,10,12H,2-3,6-9,11H2,1H3. The number of rotatable bonds is 5. The molecule has 7 heteroatoms. The molecule has 0 unspecified atom stereocenters. The highest BCUT2D eigenvalue weighted by Crippen LogP contribution is 2.31. The Hall–Kier alpha value is -2.15. The second-order valence-electron chi connectivity index (χ2n) is 6.19. The molecule has 2 fully saturated rings. The van der Waals surface area contributed by atoms with Crippen LogP contribution in [-0.2, 0) is 4.74 Å². The molecule has 0 N–H and O–H groups in total. The number of carbonyl (C=O) groups excluding carboxylic acids is 1. The van der Waals surface area contributed by atoms with Gasteiger partial charge in [-0.1, -0.05) is 0 Å². The Morgan fingerprint density at radius 1 is 1.39 bits per heavy atom. The third-order valence-electron chi connectivity index (χ3n) is 4.35. The van der Waals surface area contributed by atoms with Crippen LogP contribution in [0.4, 0.5) is 11.4 Å². The quantitative estimate of drug-likeness (QED) is 0.612. The molecule has 1 amide bonds. The number of hydrogen-bond acceptors (Lipinski definition) is 5. The first-order valence-electron chi connectivity index (χ1n) is 7.93. The van der Waals surface area contributed by atoms with Crippen LogP contribution in [-0.4, -0.2) is 55.6 Å². The molecule has 0 aromatic heterocycles. The smallest absolute Gasteiger partial charge is 0.270 e. The molecule has 0 bridgehead atoms. The monoisotopic (exact) mass is 319 g/mol. The van der Waals surface area contributed by atoms with Crippen molar-refractivity contribution in [2.75, 3.05) is 44.8 Å². The third kappa shape index (κ3) is 3.61. The van der Waals surface area contributed by atoms with Gasteiger partial charge in [-0.05, 0) is 24.8 Å². The van der Waals surface area contributed by atoms with Gasteiger partial charge in [-0.25, -0.2) is 0 Å². The van der Waals surface area contributed by atoms with E-state index in [-0.39, 0.29) is 11.6 Å². The van der Waals surface area contributed by atoms with Crippen molar-refractivity contribution in [3.8, 4) is 0 Å². The highest BCUT2D eigenvalue weighted by Gasteiger charge is 2.28. The van der Waals surface area contributed by atoms with Crippen molar-refractivity contribution in [2.24, 2.45) is 5.92 Å². The van der Waals surface area contributed by atoms with E-state index in [9.17, 15) is 14.9 Å². The van der Waals surface area contributed by atoms with Crippen LogP contribution in [0.15, 0.2) is 18.2 Å². The third-order valence-corrected chi connectivity index (χ3v) is 4.35. The minimum absolute atomic E-state index is 0.0508. The van der Waals surface area contributed by atoms with Crippen molar-refractivity contribution in [1.29, 1.82) is 0 Å². The molecule has 1 saturated carbocycles. The first-order valence-corrected chi connectivity index (χ1v) is 7.93. The first-order chi connectivity index (χ1) is 11.1. The Morgan fingerprint density at radius 3 is 2.70 bits per heavy atom. The van der Waals surface area contributed by atoms with E-state index in [1.54, 1.807) is 18.0 Å². The van der Waals surface area contributed by atoms with Crippen molar-refractivity contribution in [3.05, 3.63) is 33.9 Å². The SMILES string of the molecule is CN(CC1CC1)C(=O)c1cc([N+](=O)[O-])ccc1N1CCOCC1. The molecule has 0 atom stereocenters. The summed E-state index contributed by atoms with van der Waals surface area (Å²) >= 11 is 0. The maximum Gasteiger partial charge on any atom is 0.270 e. The lowest BCUT2D eigenvalue weighted by molar-refractivity contribution is -0.384. The van der Waals surface area contributed by atoms with E-state index >= 15 is 0 Å². The zero-order valence-corrected chi connectivity index (χ0v) is 13.2. The van der Waals surface area contributed by atoms with Crippen molar-refractivity contribution in [2.45, 2.75) is 12.8 Å². The van der Waals surface area contributed by atoms with E-state index in [1.807, 2.05) is 0 Å². The van der Waals surface area contributed by atoms with Gasteiger partial charge in [0.05, 0.1) is 29.4 Å². The lowest BCUT2D eigenvalue weighted by atomic mass is 10.1. The van der Waals surface area contributed by atoms with Gasteiger partial charge in [-0.15, -0.1) is 0 Å². The summed E-state index contributed by atoms with van der Waals surface area (Å²) in [7, 11) is 1.77. The van der Waals surface area contributed by atoms with E-state index < -0.39 is 4.92 Å². The number of ether oxygens (including phenoxy) is 1. The molecule has 124 valence electrons. The second-order valence-corrected chi connectivity index (χ2v) is 6.19. The maximum atomic E-state index is 12.8. The second kappa shape index (κ2) is 6.54. The number of anilines is 1. The normalized spacial score (nSPS) is 17.9. The predicted molar refractivity (Wildman–Crippen MR) is 85.8 cm³/mol. The molecule has 3 rings (SSSR count). The summed E-state index contributed by atoms with van der Waals surface area (Å²) in [6.45, 7) is 3.28. The molecule has 2 aliphatic rings. The largest absolute Gasteiger partial charge is 0.378 e. The first kappa shape index (κ1) is 15.7. The number of nitro benzene ring substituents is 1. The van der Waals surface area contributed by atoms with E-state index in [0.717, 1.165) is 18.5 Å². The van der Waals surface area contributed by atoms with Crippen LogP contribution < -0.4 is 4.90 Å². The van der Waals surface area contributed by atoms with Crippen LogP contribution in [0.2, 0.25) is 0 Å². The number of benzene rings is 1. The van der Waals surface area contributed by atoms with Gasteiger partial charge >= 0.3 is 0 Å². The molecule has 0 radical (unpaired) electrons. The molecule has 1 aliphatic heterocycles. The average Bonchev–Trinajstić information content (AvgIpc) is 3.38. The predicted octanol–water partition coefficient (Wildman–Crippen LogP) is 1.91. The number of hydrogen-bond donors (Lipinski definition) is 0. The summed E-state index contributed by atoms with van der Waals surface area (Å²) in [6.07, 6.45) is 2.31. The Kier molecular flexibility index (Phi) is 4.47. The van der Waals surface area contributed by atoms with E-state index in [4.69, 9.17) is 4.74 Å². The highest BCUT2D eigenvalue weighted by molar-refractivity contribution is 6.00. The summed E-state index contributed by atoms with van der Waals surface area (Å²) < 4.78 is 5.35. The van der Waals surface area contributed by atoms with Crippen LogP contribution >= 0.6 is 0 Å². The molecule has 0 spiro atoms. The lowest BCUT2D eigenvalue weighted by Gasteiger charge is -2.31. The fraction of sp³-hybridized carbons (Fsp3) is 0.562. The van der Waals surface area contributed by atoms with Crippen molar-refractivity contribution in [3.63, 3.8) is 0 Å². The van der Waals surface area contributed by atoms with E-state index in [1.165, 1.54) is 12.1 Å².